The van der Waals surface area contributed by atoms with Gasteiger partial charge < -0.3 is 16.0 Å². The fraction of sp³-hybridized carbons (Fsp3) is 0.429. The second-order valence-corrected chi connectivity index (χ2v) is 4.95. The van der Waals surface area contributed by atoms with Crippen LogP contribution in [0, 0.1) is 0 Å². The van der Waals surface area contributed by atoms with Gasteiger partial charge in [0.2, 0.25) is 11.8 Å². The van der Waals surface area contributed by atoms with Gasteiger partial charge in [-0.15, -0.1) is 0 Å². The van der Waals surface area contributed by atoms with Crippen molar-refractivity contribution >= 4 is 17.5 Å². The predicted octanol–water partition coefficient (Wildman–Crippen LogP) is 0.548. The highest BCUT2D eigenvalue weighted by Crippen LogP contribution is 2.13. The van der Waals surface area contributed by atoms with Crippen LogP contribution >= 0.6 is 0 Å². The quantitative estimate of drug-likeness (QED) is 0.780. The van der Waals surface area contributed by atoms with Crippen molar-refractivity contribution in [2.24, 2.45) is 0 Å². The molecule has 0 radical (unpaired) electrons. The molecule has 0 aliphatic carbocycles. The van der Waals surface area contributed by atoms with Gasteiger partial charge in [0, 0.05) is 31.7 Å². The molecule has 1 aliphatic heterocycles. The molecule has 2 rings (SSSR count). The third-order valence-electron chi connectivity index (χ3n) is 3.25. The molecule has 1 aliphatic rings. The fourth-order valence-electron chi connectivity index (χ4n) is 2.38. The van der Waals surface area contributed by atoms with E-state index in [-0.39, 0.29) is 17.9 Å². The monoisotopic (exact) mass is 261 g/mol. The molecule has 1 fully saturated rings. The minimum atomic E-state index is -0.0462. The zero-order chi connectivity index (χ0) is 13.8. The largest absolute Gasteiger partial charge is 0.399 e. The van der Waals surface area contributed by atoms with E-state index in [1.54, 1.807) is 11.0 Å². The summed E-state index contributed by atoms with van der Waals surface area (Å²) in [7, 11) is 0. The van der Waals surface area contributed by atoms with Crippen molar-refractivity contribution in [3.05, 3.63) is 29.8 Å². The number of nitrogens with one attached hydrogen (secondary N) is 1. The summed E-state index contributed by atoms with van der Waals surface area (Å²) in [5.74, 6) is 0.0357. The molecule has 1 aromatic carbocycles. The lowest BCUT2D eigenvalue weighted by molar-refractivity contribution is -0.129. The van der Waals surface area contributed by atoms with E-state index in [9.17, 15) is 9.59 Å². The summed E-state index contributed by atoms with van der Waals surface area (Å²) >= 11 is 0. The topological polar surface area (TPSA) is 75.4 Å². The van der Waals surface area contributed by atoms with Crippen molar-refractivity contribution in [2.75, 3.05) is 18.8 Å². The molecule has 102 valence electrons. The number of rotatable bonds is 3. The van der Waals surface area contributed by atoms with Crippen LogP contribution < -0.4 is 11.1 Å². The number of nitrogens with zero attached hydrogens (tertiary/aromatic N) is 1. The first-order valence-electron chi connectivity index (χ1n) is 6.44. The van der Waals surface area contributed by atoms with Gasteiger partial charge in [0.1, 0.15) is 0 Å². The molecule has 0 bridgehead atoms. The van der Waals surface area contributed by atoms with E-state index in [2.05, 4.69) is 5.32 Å². The van der Waals surface area contributed by atoms with Crippen LogP contribution in [0.1, 0.15) is 18.9 Å². The molecule has 19 heavy (non-hydrogen) atoms. The van der Waals surface area contributed by atoms with Gasteiger partial charge in [-0.25, -0.2) is 0 Å². The van der Waals surface area contributed by atoms with Crippen molar-refractivity contribution in [1.82, 2.24) is 10.2 Å². The number of likely N-dealkylation sites (tertiary alicyclic amines) is 1. The van der Waals surface area contributed by atoms with Gasteiger partial charge in [-0.1, -0.05) is 12.1 Å². The van der Waals surface area contributed by atoms with Gasteiger partial charge in [-0.05, 0) is 24.1 Å². The van der Waals surface area contributed by atoms with Crippen LogP contribution in [-0.2, 0) is 16.0 Å². The number of anilines is 1. The van der Waals surface area contributed by atoms with E-state index in [1.165, 1.54) is 6.92 Å². The summed E-state index contributed by atoms with van der Waals surface area (Å²) in [6.07, 6.45) is 1.18. The number of benzene rings is 1. The molecule has 0 spiro atoms. The van der Waals surface area contributed by atoms with E-state index < -0.39 is 0 Å². The minimum absolute atomic E-state index is 0.0462. The standard InChI is InChI=1S/C14H19N3O2/c1-10(18)16-13-5-6-17(9-13)14(19)8-11-3-2-4-12(15)7-11/h2-4,7,13H,5-6,8-9,15H2,1H3,(H,16,18). The lowest BCUT2D eigenvalue weighted by Crippen LogP contribution is -2.37. The number of carbonyl (C=O) groups is 2. The van der Waals surface area contributed by atoms with Crippen LogP contribution in [0.15, 0.2) is 24.3 Å². The van der Waals surface area contributed by atoms with Crippen LogP contribution in [0.3, 0.4) is 0 Å². The summed E-state index contributed by atoms with van der Waals surface area (Å²) in [6, 6.07) is 7.45. The first-order valence-corrected chi connectivity index (χ1v) is 6.44. The number of amides is 2. The molecule has 1 unspecified atom stereocenters. The summed E-state index contributed by atoms with van der Waals surface area (Å²) in [6.45, 7) is 2.80. The number of hydrogen-bond acceptors (Lipinski definition) is 3. The average Bonchev–Trinajstić information content (AvgIpc) is 2.76. The fourth-order valence-corrected chi connectivity index (χ4v) is 2.38. The predicted molar refractivity (Wildman–Crippen MR) is 73.4 cm³/mol. The van der Waals surface area contributed by atoms with Gasteiger partial charge in [0.25, 0.3) is 0 Å². The second kappa shape index (κ2) is 5.73. The van der Waals surface area contributed by atoms with Gasteiger partial charge in [0.15, 0.2) is 0 Å². The molecule has 0 saturated carbocycles. The first kappa shape index (κ1) is 13.4. The SMILES string of the molecule is CC(=O)NC1CCN(C(=O)Cc2cccc(N)c2)C1. The Kier molecular flexibility index (Phi) is 4.04. The zero-order valence-corrected chi connectivity index (χ0v) is 11.1. The zero-order valence-electron chi connectivity index (χ0n) is 11.1. The molecule has 1 aromatic rings. The third kappa shape index (κ3) is 3.71. The van der Waals surface area contributed by atoms with Crippen molar-refractivity contribution in [3.63, 3.8) is 0 Å². The third-order valence-corrected chi connectivity index (χ3v) is 3.25. The molecule has 1 saturated heterocycles. The molecule has 1 heterocycles. The number of nitrogen functional groups attached to an aromatic ring is 1. The molecule has 5 nitrogen and oxygen atoms in total. The maximum atomic E-state index is 12.1. The number of carbonyl (C=O) groups excluding carboxylic acids is 2. The van der Waals surface area contributed by atoms with Crippen LogP contribution in [0.5, 0.6) is 0 Å². The highest BCUT2D eigenvalue weighted by molar-refractivity contribution is 5.79. The molecule has 0 aromatic heterocycles. The molecule has 1 atom stereocenters. The van der Waals surface area contributed by atoms with Gasteiger partial charge in [-0.2, -0.15) is 0 Å². The van der Waals surface area contributed by atoms with Crippen molar-refractivity contribution in [2.45, 2.75) is 25.8 Å². The van der Waals surface area contributed by atoms with Crippen molar-refractivity contribution in [3.8, 4) is 0 Å². The highest BCUT2D eigenvalue weighted by Gasteiger charge is 2.26. The Bertz CT molecular complexity index is 487. The molecule has 2 amide bonds. The van der Waals surface area contributed by atoms with Gasteiger partial charge in [0.05, 0.1) is 6.42 Å². The van der Waals surface area contributed by atoms with E-state index in [0.717, 1.165) is 12.0 Å². The van der Waals surface area contributed by atoms with Crippen LogP contribution in [0.25, 0.3) is 0 Å². The molecule has 3 N–H and O–H groups in total. The Morgan fingerprint density at radius 1 is 1.47 bits per heavy atom. The maximum absolute atomic E-state index is 12.1. The van der Waals surface area contributed by atoms with Crippen LogP contribution in [0.2, 0.25) is 0 Å². The number of nitrogens with two attached hydrogens (primary N) is 1. The Hall–Kier alpha value is -2.04. The van der Waals surface area contributed by atoms with Crippen LogP contribution in [0.4, 0.5) is 5.69 Å². The van der Waals surface area contributed by atoms with E-state index in [0.29, 0.717) is 25.2 Å². The lowest BCUT2D eigenvalue weighted by Gasteiger charge is -2.17. The number of hydrogen-bond donors (Lipinski definition) is 2. The molecular formula is C14H19N3O2. The van der Waals surface area contributed by atoms with Crippen LogP contribution in [-0.4, -0.2) is 35.8 Å². The van der Waals surface area contributed by atoms with Crippen molar-refractivity contribution < 1.29 is 9.59 Å². The summed E-state index contributed by atoms with van der Waals surface area (Å²) in [5, 5.41) is 2.85. The Balaban J connectivity index is 1.89. The lowest BCUT2D eigenvalue weighted by atomic mass is 10.1. The van der Waals surface area contributed by atoms with E-state index in [1.807, 2.05) is 18.2 Å². The Morgan fingerprint density at radius 2 is 2.26 bits per heavy atom. The average molecular weight is 261 g/mol. The summed E-state index contributed by atoms with van der Waals surface area (Å²) < 4.78 is 0. The first-order chi connectivity index (χ1) is 9.04. The van der Waals surface area contributed by atoms with Crippen molar-refractivity contribution in [1.29, 1.82) is 0 Å². The summed E-state index contributed by atoms with van der Waals surface area (Å²) in [5.41, 5.74) is 7.29. The summed E-state index contributed by atoms with van der Waals surface area (Å²) in [4.78, 5) is 24.9. The molecular weight excluding hydrogens is 242 g/mol. The maximum Gasteiger partial charge on any atom is 0.227 e. The van der Waals surface area contributed by atoms with E-state index >= 15 is 0 Å². The van der Waals surface area contributed by atoms with Gasteiger partial charge in [-0.3, -0.25) is 9.59 Å². The molecule has 5 heteroatoms. The highest BCUT2D eigenvalue weighted by atomic mass is 16.2. The van der Waals surface area contributed by atoms with E-state index in [4.69, 9.17) is 5.73 Å². The van der Waals surface area contributed by atoms with Gasteiger partial charge >= 0.3 is 0 Å². The smallest absolute Gasteiger partial charge is 0.227 e. The Morgan fingerprint density at radius 3 is 2.95 bits per heavy atom. The second-order valence-electron chi connectivity index (χ2n) is 4.95. The Labute approximate surface area is 112 Å². The minimum Gasteiger partial charge on any atom is -0.399 e. The normalized spacial score (nSPS) is 18.4.